The summed E-state index contributed by atoms with van der Waals surface area (Å²) in [7, 11) is 0. The van der Waals surface area contributed by atoms with Gasteiger partial charge < -0.3 is 10.6 Å². The average Bonchev–Trinajstić information content (AvgIpc) is 2.68. The first-order chi connectivity index (χ1) is 12.6. The van der Waals surface area contributed by atoms with Crippen LogP contribution in [0.25, 0.3) is 0 Å². The summed E-state index contributed by atoms with van der Waals surface area (Å²) in [6, 6.07) is 23.8. The maximum absolute atomic E-state index is 12.4. The maximum Gasteiger partial charge on any atom is 0.255 e. The zero-order chi connectivity index (χ0) is 18.4. The first kappa shape index (κ1) is 17.4. The van der Waals surface area contributed by atoms with Crippen molar-refractivity contribution in [1.29, 1.82) is 0 Å². The lowest BCUT2D eigenvalue weighted by Crippen LogP contribution is -2.23. The molecule has 4 nitrogen and oxygen atoms in total. The molecule has 3 aromatic carbocycles. The van der Waals surface area contributed by atoms with Crippen LogP contribution in [-0.4, -0.2) is 11.8 Å². The first-order valence-corrected chi connectivity index (χ1v) is 8.42. The maximum atomic E-state index is 12.4. The predicted molar refractivity (Wildman–Crippen MR) is 103 cm³/mol. The molecule has 0 unspecified atom stereocenters. The summed E-state index contributed by atoms with van der Waals surface area (Å²) in [5.41, 5.74) is 3.81. The van der Waals surface area contributed by atoms with Gasteiger partial charge in [0.1, 0.15) is 0 Å². The molecule has 0 aromatic heterocycles. The largest absolute Gasteiger partial charge is 0.348 e. The van der Waals surface area contributed by atoms with Crippen LogP contribution in [0.4, 0.5) is 5.69 Å². The smallest absolute Gasteiger partial charge is 0.255 e. The first-order valence-electron chi connectivity index (χ1n) is 8.42. The topological polar surface area (TPSA) is 58.2 Å². The van der Waals surface area contributed by atoms with Crippen molar-refractivity contribution in [2.24, 2.45) is 0 Å². The number of benzene rings is 3. The minimum absolute atomic E-state index is 0.206. The molecule has 0 saturated heterocycles. The van der Waals surface area contributed by atoms with Gasteiger partial charge >= 0.3 is 0 Å². The molecule has 0 fully saturated rings. The molecular weight excluding hydrogens is 324 g/mol. The Bertz CT molecular complexity index is 920. The van der Waals surface area contributed by atoms with Gasteiger partial charge in [0.2, 0.25) is 0 Å². The molecule has 0 bridgehead atoms. The molecule has 0 radical (unpaired) electrons. The average molecular weight is 344 g/mol. The van der Waals surface area contributed by atoms with Crippen molar-refractivity contribution in [1.82, 2.24) is 5.32 Å². The summed E-state index contributed by atoms with van der Waals surface area (Å²) in [5.74, 6) is -0.452. The third-order valence-corrected chi connectivity index (χ3v) is 4.12. The Morgan fingerprint density at radius 3 is 2.15 bits per heavy atom. The Balaban J connectivity index is 1.67. The highest BCUT2D eigenvalue weighted by Gasteiger charge is 2.11. The molecule has 3 aromatic rings. The number of hydrogen-bond acceptors (Lipinski definition) is 2. The lowest BCUT2D eigenvalue weighted by molar-refractivity contribution is 0.0951. The highest BCUT2D eigenvalue weighted by atomic mass is 16.2. The molecule has 2 N–H and O–H groups in total. The number of nitrogens with one attached hydrogen (secondary N) is 2. The Hall–Kier alpha value is -3.40. The van der Waals surface area contributed by atoms with E-state index in [0.717, 1.165) is 11.1 Å². The number of rotatable bonds is 5. The van der Waals surface area contributed by atoms with Gasteiger partial charge in [-0.1, -0.05) is 48.5 Å². The second-order valence-corrected chi connectivity index (χ2v) is 6.01. The number of anilines is 1. The minimum atomic E-state index is -0.246. The van der Waals surface area contributed by atoms with Crippen LogP contribution in [0, 0.1) is 6.92 Å². The number of carbonyl (C=O) groups excluding carboxylic acids is 2. The predicted octanol–water partition coefficient (Wildman–Crippen LogP) is 4.18. The lowest BCUT2D eigenvalue weighted by atomic mass is 10.1. The van der Waals surface area contributed by atoms with Gasteiger partial charge in [0.15, 0.2) is 0 Å². The van der Waals surface area contributed by atoms with E-state index in [2.05, 4.69) is 10.6 Å². The molecule has 0 aliphatic rings. The van der Waals surface area contributed by atoms with Crippen LogP contribution >= 0.6 is 0 Å². The van der Waals surface area contributed by atoms with E-state index in [-0.39, 0.29) is 11.8 Å². The second-order valence-electron chi connectivity index (χ2n) is 6.01. The molecule has 0 aliphatic heterocycles. The quantitative estimate of drug-likeness (QED) is 0.729. The Morgan fingerprint density at radius 2 is 1.42 bits per heavy atom. The Morgan fingerprint density at radius 1 is 0.769 bits per heavy atom. The molecular formula is C22H20N2O2. The third kappa shape index (κ3) is 4.36. The van der Waals surface area contributed by atoms with E-state index in [1.165, 1.54) is 0 Å². The minimum Gasteiger partial charge on any atom is -0.348 e. The number of amides is 2. The van der Waals surface area contributed by atoms with Gasteiger partial charge in [0.25, 0.3) is 11.8 Å². The van der Waals surface area contributed by atoms with Gasteiger partial charge in [-0.2, -0.15) is 0 Å². The zero-order valence-electron chi connectivity index (χ0n) is 14.5. The van der Waals surface area contributed by atoms with E-state index in [4.69, 9.17) is 0 Å². The molecule has 130 valence electrons. The number of carbonyl (C=O) groups is 2. The molecule has 2 amide bonds. The van der Waals surface area contributed by atoms with Crippen molar-refractivity contribution >= 4 is 17.5 Å². The van der Waals surface area contributed by atoms with Gasteiger partial charge in [0, 0.05) is 23.4 Å². The number of para-hydroxylation sites is 1. The molecule has 0 heterocycles. The van der Waals surface area contributed by atoms with Crippen molar-refractivity contribution < 1.29 is 9.59 Å². The van der Waals surface area contributed by atoms with Crippen molar-refractivity contribution in [3.63, 3.8) is 0 Å². The Labute approximate surface area is 152 Å². The highest BCUT2D eigenvalue weighted by Crippen LogP contribution is 2.11. The van der Waals surface area contributed by atoms with Crippen LogP contribution in [-0.2, 0) is 6.54 Å². The van der Waals surface area contributed by atoms with Gasteiger partial charge in [-0.25, -0.2) is 0 Å². The van der Waals surface area contributed by atoms with Gasteiger partial charge in [-0.15, -0.1) is 0 Å². The van der Waals surface area contributed by atoms with Crippen molar-refractivity contribution in [2.75, 3.05) is 5.32 Å². The lowest BCUT2D eigenvalue weighted by Gasteiger charge is -2.09. The van der Waals surface area contributed by atoms with Crippen molar-refractivity contribution in [3.05, 3.63) is 101 Å². The second kappa shape index (κ2) is 8.12. The molecule has 3 rings (SSSR count). The van der Waals surface area contributed by atoms with E-state index >= 15 is 0 Å². The fourth-order valence-corrected chi connectivity index (χ4v) is 2.61. The Kier molecular flexibility index (Phi) is 5.44. The molecule has 0 spiro atoms. The fraction of sp³-hybridized carbons (Fsp3) is 0.0909. The van der Waals surface area contributed by atoms with E-state index in [1.54, 1.807) is 24.3 Å². The molecule has 4 heteroatoms. The summed E-state index contributed by atoms with van der Waals surface area (Å²) < 4.78 is 0. The fourth-order valence-electron chi connectivity index (χ4n) is 2.61. The summed E-state index contributed by atoms with van der Waals surface area (Å²) in [5, 5.41) is 5.72. The van der Waals surface area contributed by atoms with E-state index in [0.29, 0.717) is 23.4 Å². The van der Waals surface area contributed by atoms with Gasteiger partial charge in [-0.3, -0.25) is 9.59 Å². The van der Waals surface area contributed by atoms with E-state index < -0.39 is 0 Å². The molecule has 0 saturated carbocycles. The third-order valence-electron chi connectivity index (χ3n) is 4.12. The molecule has 0 aliphatic carbocycles. The highest BCUT2D eigenvalue weighted by molar-refractivity contribution is 6.06. The number of hydrogen-bond donors (Lipinski definition) is 2. The van der Waals surface area contributed by atoms with Gasteiger partial charge in [-0.05, 0) is 48.4 Å². The normalized spacial score (nSPS) is 10.2. The van der Waals surface area contributed by atoms with Crippen LogP contribution < -0.4 is 10.6 Å². The monoisotopic (exact) mass is 344 g/mol. The summed E-state index contributed by atoms with van der Waals surface area (Å²) in [4.78, 5) is 24.8. The zero-order valence-corrected chi connectivity index (χ0v) is 14.5. The van der Waals surface area contributed by atoms with Crippen LogP contribution in [0.2, 0.25) is 0 Å². The van der Waals surface area contributed by atoms with Gasteiger partial charge in [0.05, 0.1) is 0 Å². The SMILES string of the molecule is Cc1ccccc1CNC(=O)c1cccc(C(=O)Nc2ccccc2)c1. The van der Waals surface area contributed by atoms with Crippen LogP contribution in [0.5, 0.6) is 0 Å². The standard InChI is InChI=1S/C22H20N2O2/c1-16-8-5-6-9-19(16)15-23-21(25)17-10-7-11-18(14-17)22(26)24-20-12-3-2-4-13-20/h2-14H,15H2,1H3,(H,23,25)(H,24,26). The summed E-state index contributed by atoms with van der Waals surface area (Å²) in [6.07, 6.45) is 0. The van der Waals surface area contributed by atoms with E-state index in [9.17, 15) is 9.59 Å². The van der Waals surface area contributed by atoms with Crippen LogP contribution in [0.3, 0.4) is 0 Å². The molecule has 0 atom stereocenters. The van der Waals surface area contributed by atoms with Crippen molar-refractivity contribution in [3.8, 4) is 0 Å². The summed E-state index contributed by atoms with van der Waals surface area (Å²) >= 11 is 0. The number of aryl methyl sites for hydroxylation is 1. The summed E-state index contributed by atoms with van der Waals surface area (Å²) in [6.45, 7) is 2.46. The van der Waals surface area contributed by atoms with E-state index in [1.807, 2.05) is 61.5 Å². The van der Waals surface area contributed by atoms with Crippen molar-refractivity contribution in [2.45, 2.75) is 13.5 Å². The van der Waals surface area contributed by atoms with Crippen LogP contribution in [0.1, 0.15) is 31.8 Å². The van der Waals surface area contributed by atoms with Crippen LogP contribution in [0.15, 0.2) is 78.9 Å². The molecule has 26 heavy (non-hydrogen) atoms.